The molecule has 0 aliphatic heterocycles. The number of hydrogen-bond acceptors (Lipinski definition) is 7. The summed E-state index contributed by atoms with van der Waals surface area (Å²) in [5, 5.41) is 36.2. The molecule has 1 aliphatic carbocycles. The van der Waals surface area contributed by atoms with E-state index in [1.807, 2.05) is 0 Å². The number of hydrogen-bond donors (Lipinski definition) is 3. The molecule has 2 amide bonds. The number of benzene rings is 1. The summed E-state index contributed by atoms with van der Waals surface area (Å²) < 4.78 is 0. The number of carbonyl (C=O) groups is 2. The Labute approximate surface area is 147 Å². The summed E-state index contributed by atoms with van der Waals surface area (Å²) >= 11 is 0. The molecule has 3 N–H and O–H groups in total. The Morgan fingerprint density at radius 3 is 2.19 bits per heavy atom. The van der Waals surface area contributed by atoms with Gasteiger partial charge >= 0.3 is 0 Å². The van der Waals surface area contributed by atoms with Crippen LogP contribution < -0.4 is 10.6 Å². The number of aliphatic hydroxyl groups excluding tert-OH is 1. The van der Waals surface area contributed by atoms with E-state index in [0.29, 0.717) is 19.3 Å². The Morgan fingerprint density at radius 1 is 1.15 bits per heavy atom. The molecule has 11 nitrogen and oxygen atoms in total. The lowest BCUT2D eigenvalue weighted by Crippen LogP contribution is -2.47. The quantitative estimate of drug-likeness (QED) is 0.491. The Morgan fingerprint density at radius 2 is 1.73 bits per heavy atom. The summed E-state index contributed by atoms with van der Waals surface area (Å²) in [7, 11) is 0. The van der Waals surface area contributed by atoms with E-state index in [1.165, 1.54) is 6.92 Å². The Bertz CT molecular complexity index is 719. The number of non-ortho nitro benzene ring substituents is 2. The van der Waals surface area contributed by atoms with Gasteiger partial charge in [0, 0.05) is 18.2 Å². The van der Waals surface area contributed by atoms with Crippen LogP contribution in [0.1, 0.15) is 36.5 Å². The van der Waals surface area contributed by atoms with Gasteiger partial charge in [-0.2, -0.15) is 0 Å². The second kappa shape index (κ2) is 7.87. The molecule has 1 aliphatic rings. The molecule has 26 heavy (non-hydrogen) atoms. The van der Waals surface area contributed by atoms with Crippen molar-refractivity contribution >= 4 is 23.2 Å². The summed E-state index contributed by atoms with van der Waals surface area (Å²) in [5.74, 6) is -1.32. The fourth-order valence-electron chi connectivity index (χ4n) is 2.70. The maximum atomic E-state index is 12.2. The van der Waals surface area contributed by atoms with Crippen molar-refractivity contribution in [1.82, 2.24) is 10.6 Å². The number of aliphatic hydroxyl groups is 1. The maximum absolute atomic E-state index is 12.2. The molecule has 1 aromatic carbocycles. The van der Waals surface area contributed by atoms with Crippen molar-refractivity contribution in [2.45, 2.75) is 44.4 Å². The average Bonchev–Trinajstić information content (AvgIpc) is 2.98. The number of nitro groups is 2. The highest BCUT2D eigenvalue weighted by molar-refractivity contribution is 5.98. The molecule has 1 aromatic rings. The zero-order valence-corrected chi connectivity index (χ0v) is 13.9. The molecule has 0 spiro atoms. The van der Waals surface area contributed by atoms with E-state index in [4.69, 9.17) is 0 Å². The van der Waals surface area contributed by atoms with Crippen molar-refractivity contribution in [3.05, 3.63) is 44.0 Å². The van der Waals surface area contributed by atoms with Crippen LogP contribution >= 0.6 is 0 Å². The van der Waals surface area contributed by atoms with Gasteiger partial charge in [-0.25, -0.2) is 0 Å². The summed E-state index contributed by atoms with van der Waals surface area (Å²) in [6.45, 7) is 1.42. The molecular weight excluding hydrogens is 348 g/mol. The third kappa shape index (κ3) is 4.72. The van der Waals surface area contributed by atoms with Gasteiger partial charge in [-0.15, -0.1) is 0 Å². The van der Waals surface area contributed by atoms with Crippen molar-refractivity contribution in [3.63, 3.8) is 0 Å². The van der Waals surface area contributed by atoms with Crippen LogP contribution in [0.25, 0.3) is 0 Å². The topological polar surface area (TPSA) is 165 Å². The third-order valence-electron chi connectivity index (χ3n) is 4.08. The van der Waals surface area contributed by atoms with Crippen molar-refractivity contribution < 1.29 is 24.5 Å². The first-order valence-corrected chi connectivity index (χ1v) is 7.90. The fraction of sp³-hybridized carbons (Fsp3) is 0.467. The SMILES string of the molecule is C[C@@H](NC(=O)c1cc([N+](=O)[O-])cc([N+](=O)[O-])c1)C(=O)N[C@@H]1CC[C@H](O)C1. The number of nitrogens with one attached hydrogen (secondary N) is 2. The number of carbonyl (C=O) groups excluding carboxylic acids is 2. The first-order valence-electron chi connectivity index (χ1n) is 7.90. The van der Waals surface area contributed by atoms with Crippen molar-refractivity contribution in [2.75, 3.05) is 0 Å². The molecule has 3 atom stereocenters. The molecule has 0 bridgehead atoms. The van der Waals surface area contributed by atoms with Gasteiger partial charge in [0.2, 0.25) is 5.91 Å². The van der Waals surface area contributed by atoms with E-state index in [-0.39, 0.29) is 11.6 Å². The van der Waals surface area contributed by atoms with E-state index in [9.17, 15) is 34.9 Å². The smallest absolute Gasteiger partial charge is 0.277 e. The second-order valence-corrected chi connectivity index (χ2v) is 6.12. The first-order chi connectivity index (χ1) is 12.2. The van der Waals surface area contributed by atoms with Gasteiger partial charge in [-0.3, -0.25) is 29.8 Å². The van der Waals surface area contributed by atoms with Crippen LogP contribution in [0.2, 0.25) is 0 Å². The van der Waals surface area contributed by atoms with E-state index in [0.717, 1.165) is 18.2 Å². The first kappa shape index (κ1) is 19.2. The zero-order valence-electron chi connectivity index (χ0n) is 13.9. The molecule has 0 radical (unpaired) electrons. The largest absolute Gasteiger partial charge is 0.393 e. The predicted octanol–water partition coefficient (Wildman–Crippen LogP) is 0.651. The summed E-state index contributed by atoms with van der Waals surface area (Å²) in [5.41, 5.74) is -1.48. The van der Waals surface area contributed by atoms with Crippen LogP contribution in [0, 0.1) is 20.2 Å². The summed E-state index contributed by atoms with van der Waals surface area (Å²) in [6.07, 6.45) is 1.19. The highest BCUT2D eigenvalue weighted by Crippen LogP contribution is 2.23. The number of nitrogens with zero attached hydrogens (tertiary/aromatic N) is 2. The second-order valence-electron chi connectivity index (χ2n) is 6.12. The van der Waals surface area contributed by atoms with Gasteiger partial charge < -0.3 is 15.7 Å². The Balaban J connectivity index is 2.07. The van der Waals surface area contributed by atoms with E-state index in [1.54, 1.807) is 0 Å². The van der Waals surface area contributed by atoms with Gasteiger partial charge in [-0.1, -0.05) is 0 Å². The standard InChI is InChI=1S/C15H18N4O7/c1-8(14(21)17-10-2-3-13(20)6-10)16-15(22)9-4-11(18(23)24)7-12(5-9)19(25)26/h4-5,7-8,10,13,20H,2-3,6H2,1H3,(H,16,22)(H,17,21)/t8-,10-,13+/m1/s1. The van der Waals surface area contributed by atoms with Gasteiger partial charge in [0.1, 0.15) is 6.04 Å². The van der Waals surface area contributed by atoms with Crippen molar-refractivity contribution in [1.29, 1.82) is 0 Å². The van der Waals surface area contributed by atoms with Crippen LogP contribution in [0.5, 0.6) is 0 Å². The summed E-state index contributed by atoms with van der Waals surface area (Å²) in [6, 6.07) is 1.41. The fourth-order valence-corrected chi connectivity index (χ4v) is 2.70. The van der Waals surface area contributed by atoms with Crippen LogP contribution in [-0.2, 0) is 4.79 Å². The van der Waals surface area contributed by atoms with Crippen LogP contribution in [-0.4, -0.2) is 45.0 Å². The highest BCUT2D eigenvalue weighted by atomic mass is 16.6. The minimum atomic E-state index is -0.960. The molecule has 0 heterocycles. The van der Waals surface area contributed by atoms with Crippen LogP contribution in [0.4, 0.5) is 11.4 Å². The molecular formula is C15H18N4O7. The predicted molar refractivity (Wildman–Crippen MR) is 88.5 cm³/mol. The lowest BCUT2D eigenvalue weighted by Gasteiger charge is -2.17. The normalized spacial score (nSPS) is 20.2. The van der Waals surface area contributed by atoms with E-state index >= 15 is 0 Å². The van der Waals surface area contributed by atoms with Crippen molar-refractivity contribution in [3.8, 4) is 0 Å². The molecule has 0 saturated heterocycles. The lowest BCUT2D eigenvalue weighted by atomic mass is 10.1. The molecule has 140 valence electrons. The average molecular weight is 366 g/mol. The number of amides is 2. The highest BCUT2D eigenvalue weighted by Gasteiger charge is 2.27. The molecule has 11 heteroatoms. The Hall–Kier alpha value is -3.08. The van der Waals surface area contributed by atoms with Gasteiger partial charge in [0.15, 0.2) is 0 Å². The van der Waals surface area contributed by atoms with Gasteiger partial charge in [0.05, 0.1) is 27.6 Å². The number of rotatable bonds is 6. The van der Waals surface area contributed by atoms with Crippen LogP contribution in [0.3, 0.4) is 0 Å². The van der Waals surface area contributed by atoms with E-state index in [2.05, 4.69) is 10.6 Å². The third-order valence-corrected chi connectivity index (χ3v) is 4.08. The zero-order chi connectivity index (χ0) is 19.4. The number of nitro benzene ring substituents is 2. The minimum absolute atomic E-state index is 0.184. The maximum Gasteiger partial charge on any atom is 0.277 e. The molecule has 0 aromatic heterocycles. The van der Waals surface area contributed by atoms with Crippen molar-refractivity contribution in [2.24, 2.45) is 0 Å². The molecule has 0 unspecified atom stereocenters. The summed E-state index contributed by atoms with van der Waals surface area (Å²) in [4.78, 5) is 44.4. The molecule has 1 saturated carbocycles. The monoisotopic (exact) mass is 366 g/mol. The minimum Gasteiger partial charge on any atom is -0.393 e. The molecule has 1 fully saturated rings. The Kier molecular flexibility index (Phi) is 5.82. The van der Waals surface area contributed by atoms with Gasteiger partial charge in [0.25, 0.3) is 17.3 Å². The van der Waals surface area contributed by atoms with Gasteiger partial charge in [-0.05, 0) is 26.2 Å². The molecule has 2 rings (SSSR count). The van der Waals surface area contributed by atoms with E-state index < -0.39 is 45.2 Å². The lowest BCUT2D eigenvalue weighted by molar-refractivity contribution is -0.394. The van der Waals surface area contributed by atoms with Crippen LogP contribution in [0.15, 0.2) is 18.2 Å².